The Morgan fingerprint density at radius 1 is 1.12 bits per heavy atom. The highest BCUT2D eigenvalue weighted by Crippen LogP contribution is 2.19. The topological polar surface area (TPSA) is 72.2 Å². The van der Waals surface area contributed by atoms with Crippen molar-refractivity contribution in [2.24, 2.45) is 0 Å². The molecule has 1 fully saturated rings. The summed E-state index contributed by atoms with van der Waals surface area (Å²) in [6.07, 6.45) is 8.76. The fourth-order valence-corrected chi connectivity index (χ4v) is 3.56. The van der Waals surface area contributed by atoms with Gasteiger partial charge in [0.15, 0.2) is 5.65 Å². The van der Waals surface area contributed by atoms with Crippen molar-refractivity contribution in [3.63, 3.8) is 0 Å². The molecule has 134 valence electrons. The van der Waals surface area contributed by atoms with Crippen LogP contribution in [-0.2, 0) is 0 Å². The Labute approximate surface area is 152 Å². The van der Waals surface area contributed by atoms with Gasteiger partial charge in [0, 0.05) is 24.0 Å². The summed E-state index contributed by atoms with van der Waals surface area (Å²) in [4.78, 5) is 21.5. The van der Waals surface area contributed by atoms with Crippen molar-refractivity contribution in [3.8, 4) is 11.4 Å². The smallest absolute Gasteiger partial charge is 0.270 e. The van der Waals surface area contributed by atoms with Crippen LogP contribution in [0.1, 0.15) is 54.7 Å². The quantitative estimate of drug-likeness (QED) is 0.734. The highest BCUT2D eigenvalue weighted by atomic mass is 16.1. The highest BCUT2D eigenvalue weighted by Gasteiger charge is 2.18. The van der Waals surface area contributed by atoms with E-state index in [-0.39, 0.29) is 11.9 Å². The van der Waals surface area contributed by atoms with E-state index < -0.39 is 0 Å². The lowest BCUT2D eigenvalue weighted by Crippen LogP contribution is -2.35. The van der Waals surface area contributed by atoms with E-state index in [4.69, 9.17) is 0 Å². The lowest BCUT2D eigenvalue weighted by molar-refractivity contribution is 0.0928. The Morgan fingerprint density at radius 3 is 2.65 bits per heavy atom. The zero-order chi connectivity index (χ0) is 17.9. The minimum absolute atomic E-state index is 0.0944. The molecule has 3 aromatic heterocycles. The maximum atomic E-state index is 12.7. The monoisotopic (exact) mass is 349 g/mol. The van der Waals surface area contributed by atoms with Gasteiger partial charge in [0.25, 0.3) is 5.91 Å². The van der Waals surface area contributed by atoms with E-state index in [9.17, 15) is 4.79 Å². The molecular formula is C20H23N5O. The van der Waals surface area contributed by atoms with E-state index in [0.717, 1.165) is 29.9 Å². The fourth-order valence-electron chi connectivity index (χ4n) is 3.56. The van der Waals surface area contributed by atoms with Gasteiger partial charge in [-0.15, -0.1) is 0 Å². The van der Waals surface area contributed by atoms with Crippen LogP contribution in [0.5, 0.6) is 0 Å². The number of carbonyl (C=O) groups excluding carboxylic acids is 1. The summed E-state index contributed by atoms with van der Waals surface area (Å²) in [5.41, 5.74) is 3.54. The van der Waals surface area contributed by atoms with Gasteiger partial charge >= 0.3 is 0 Å². The fraction of sp³-hybridized carbons (Fsp3) is 0.400. The van der Waals surface area contributed by atoms with Crippen molar-refractivity contribution in [1.82, 2.24) is 24.9 Å². The van der Waals surface area contributed by atoms with E-state index in [1.807, 2.05) is 31.2 Å². The first-order valence-electron chi connectivity index (χ1n) is 9.30. The summed E-state index contributed by atoms with van der Waals surface area (Å²) >= 11 is 0. The minimum atomic E-state index is -0.0944. The molecule has 6 nitrogen and oxygen atoms in total. The van der Waals surface area contributed by atoms with Gasteiger partial charge in [-0.3, -0.25) is 9.78 Å². The van der Waals surface area contributed by atoms with E-state index in [0.29, 0.717) is 11.3 Å². The summed E-state index contributed by atoms with van der Waals surface area (Å²) in [5.74, 6) is -0.0944. The molecule has 1 aliphatic carbocycles. The highest BCUT2D eigenvalue weighted by molar-refractivity contribution is 5.93. The molecule has 1 N–H and O–H groups in total. The van der Waals surface area contributed by atoms with E-state index in [1.165, 1.54) is 25.7 Å². The second-order valence-corrected chi connectivity index (χ2v) is 6.96. The van der Waals surface area contributed by atoms with Crippen molar-refractivity contribution in [2.75, 3.05) is 0 Å². The van der Waals surface area contributed by atoms with Crippen LogP contribution >= 0.6 is 0 Å². The second kappa shape index (κ2) is 7.23. The molecule has 4 rings (SSSR count). The molecule has 1 aliphatic rings. The molecule has 6 heteroatoms. The van der Waals surface area contributed by atoms with Gasteiger partial charge < -0.3 is 5.32 Å². The number of pyridine rings is 1. The number of amides is 1. The number of hydrogen-bond donors (Lipinski definition) is 1. The van der Waals surface area contributed by atoms with Crippen LogP contribution in [0.25, 0.3) is 17.0 Å². The molecule has 1 amide bonds. The SMILES string of the molecule is Cc1cc(C(=O)NC2CCCCCC2)nc2cc(-c3ccccn3)nn12. The van der Waals surface area contributed by atoms with Crippen molar-refractivity contribution in [2.45, 2.75) is 51.5 Å². The second-order valence-electron chi connectivity index (χ2n) is 6.96. The average molecular weight is 349 g/mol. The predicted molar refractivity (Wildman–Crippen MR) is 99.9 cm³/mol. The van der Waals surface area contributed by atoms with Crippen molar-refractivity contribution in [3.05, 3.63) is 47.9 Å². The van der Waals surface area contributed by atoms with Crippen LogP contribution in [0, 0.1) is 6.92 Å². The third-order valence-corrected chi connectivity index (χ3v) is 4.96. The Morgan fingerprint density at radius 2 is 1.92 bits per heavy atom. The normalized spacial score (nSPS) is 15.7. The average Bonchev–Trinajstić information content (AvgIpc) is 2.94. The van der Waals surface area contributed by atoms with E-state index in [2.05, 4.69) is 20.4 Å². The number of rotatable bonds is 3. The first-order chi connectivity index (χ1) is 12.7. The summed E-state index contributed by atoms with van der Waals surface area (Å²) < 4.78 is 1.76. The Bertz CT molecular complexity index is 911. The molecule has 0 unspecified atom stereocenters. The Balaban J connectivity index is 1.61. The number of aromatic nitrogens is 4. The molecule has 0 atom stereocenters. The van der Waals surface area contributed by atoms with Gasteiger partial charge in [-0.1, -0.05) is 31.7 Å². The molecule has 0 spiro atoms. The predicted octanol–water partition coefficient (Wildman–Crippen LogP) is 3.55. The molecule has 0 bridgehead atoms. The van der Waals surface area contributed by atoms with Crippen molar-refractivity contribution < 1.29 is 4.79 Å². The van der Waals surface area contributed by atoms with Crippen molar-refractivity contribution >= 4 is 11.6 Å². The molecule has 3 aromatic rings. The molecule has 1 saturated carbocycles. The van der Waals surface area contributed by atoms with Crippen LogP contribution in [0.2, 0.25) is 0 Å². The van der Waals surface area contributed by atoms with E-state index in [1.54, 1.807) is 16.8 Å². The number of fused-ring (bicyclic) bond motifs is 1. The standard InChI is InChI=1S/C20H23N5O/c1-14-12-18(20(26)22-15-8-4-2-3-5-9-15)23-19-13-17(24-25(14)19)16-10-6-7-11-21-16/h6-7,10-13,15H,2-5,8-9H2,1H3,(H,22,26). The van der Waals surface area contributed by atoms with Gasteiger partial charge in [0.2, 0.25) is 0 Å². The minimum Gasteiger partial charge on any atom is -0.348 e. The molecule has 3 heterocycles. The largest absolute Gasteiger partial charge is 0.348 e. The van der Waals surface area contributed by atoms with E-state index >= 15 is 0 Å². The number of aryl methyl sites for hydroxylation is 1. The van der Waals surface area contributed by atoms with Gasteiger partial charge in [0.1, 0.15) is 11.4 Å². The lowest BCUT2D eigenvalue weighted by atomic mass is 10.1. The molecule has 0 aromatic carbocycles. The lowest BCUT2D eigenvalue weighted by Gasteiger charge is -2.16. The van der Waals surface area contributed by atoms with Crippen molar-refractivity contribution in [1.29, 1.82) is 0 Å². The van der Waals surface area contributed by atoms with Crippen LogP contribution < -0.4 is 5.32 Å². The van der Waals surface area contributed by atoms with Crippen LogP contribution in [0.15, 0.2) is 36.5 Å². The molecule has 0 saturated heterocycles. The van der Waals surface area contributed by atoms with Gasteiger partial charge in [0.05, 0.1) is 5.69 Å². The van der Waals surface area contributed by atoms with Crippen LogP contribution in [0.4, 0.5) is 0 Å². The number of nitrogens with zero attached hydrogens (tertiary/aromatic N) is 4. The maximum Gasteiger partial charge on any atom is 0.270 e. The summed E-state index contributed by atoms with van der Waals surface area (Å²) in [6.45, 7) is 1.94. The molecular weight excluding hydrogens is 326 g/mol. The zero-order valence-corrected chi connectivity index (χ0v) is 15.0. The maximum absolute atomic E-state index is 12.7. The summed E-state index contributed by atoms with van der Waals surface area (Å²) in [6, 6.07) is 9.65. The number of nitrogens with one attached hydrogen (secondary N) is 1. The summed E-state index contributed by atoms with van der Waals surface area (Å²) in [5, 5.41) is 7.73. The van der Waals surface area contributed by atoms with Gasteiger partial charge in [-0.2, -0.15) is 5.10 Å². The summed E-state index contributed by atoms with van der Waals surface area (Å²) in [7, 11) is 0. The number of carbonyl (C=O) groups is 1. The first-order valence-corrected chi connectivity index (χ1v) is 9.30. The zero-order valence-electron chi connectivity index (χ0n) is 15.0. The molecule has 0 aliphatic heterocycles. The van der Waals surface area contributed by atoms with Crippen LogP contribution in [-0.4, -0.2) is 31.5 Å². The van der Waals surface area contributed by atoms with Gasteiger partial charge in [-0.25, -0.2) is 9.50 Å². The van der Waals surface area contributed by atoms with Gasteiger partial charge in [-0.05, 0) is 38.0 Å². The third kappa shape index (κ3) is 3.45. The first kappa shape index (κ1) is 16.7. The Kier molecular flexibility index (Phi) is 4.65. The number of hydrogen-bond acceptors (Lipinski definition) is 4. The van der Waals surface area contributed by atoms with Crippen LogP contribution in [0.3, 0.4) is 0 Å². The molecule has 0 radical (unpaired) electrons. The third-order valence-electron chi connectivity index (χ3n) is 4.96. The molecule has 26 heavy (non-hydrogen) atoms. The Hall–Kier alpha value is -2.76.